The molecule has 3 rings (SSSR count). The zero-order chi connectivity index (χ0) is 8.67. The van der Waals surface area contributed by atoms with Gasteiger partial charge in [0.1, 0.15) is 0 Å². The Bertz CT molecular complexity index is 320. The molecule has 0 radical (unpaired) electrons. The molecule has 1 aliphatic carbocycles. The van der Waals surface area contributed by atoms with Gasteiger partial charge in [0.15, 0.2) is 0 Å². The fourth-order valence-electron chi connectivity index (χ4n) is 1.84. The Balaban J connectivity index is 1.84. The van der Waals surface area contributed by atoms with E-state index in [2.05, 4.69) is 29.6 Å². The van der Waals surface area contributed by atoms with Crippen molar-refractivity contribution in [2.75, 3.05) is 5.75 Å². The van der Waals surface area contributed by atoms with Crippen LogP contribution in [0.3, 0.4) is 0 Å². The molecule has 1 saturated carbocycles. The number of hydrogen-bond acceptors (Lipinski definition) is 2. The summed E-state index contributed by atoms with van der Waals surface area (Å²) in [6.07, 6.45) is 2.76. The predicted octanol–water partition coefficient (Wildman–Crippen LogP) is 2.59. The summed E-state index contributed by atoms with van der Waals surface area (Å²) in [6.45, 7) is 0. The Kier molecular flexibility index (Phi) is 1.84. The maximum absolute atomic E-state index is 3.69. The van der Waals surface area contributed by atoms with Crippen LogP contribution in [0, 0.1) is 0 Å². The van der Waals surface area contributed by atoms with E-state index in [0.717, 1.165) is 6.04 Å². The Labute approximate surface area is 82.9 Å². The van der Waals surface area contributed by atoms with Crippen molar-refractivity contribution in [3.8, 4) is 0 Å². The van der Waals surface area contributed by atoms with Gasteiger partial charge in [-0.25, -0.2) is 0 Å². The van der Waals surface area contributed by atoms with Gasteiger partial charge in [0.2, 0.25) is 0 Å². The molecule has 0 amide bonds. The third-order valence-corrected chi connectivity index (χ3v) is 3.90. The van der Waals surface area contributed by atoms with Crippen molar-refractivity contribution in [3.05, 3.63) is 29.8 Å². The maximum atomic E-state index is 3.69. The highest BCUT2D eigenvalue weighted by Crippen LogP contribution is 2.39. The molecule has 0 bridgehead atoms. The van der Waals surface area contributed by atoms with Crippen molar-refractivity contribution in [1.82, 2.24) is 5.32 Å². The third kappa shape index (κ3) is 1.49. The van der Waals surface area contributed by atoms with Crippen LogP contribution in [0.5, 0.6) is 0 Å². The molecule has 0 aromatic heterocycles. The minimum atomic E-state index is 0.619. The number of benzene rings is 1. The molecule has 1 aliphatic heterocycles. The van der Waals surface area contributed by atoms with Crippen molar-refractivity contribution in [1.29, 1.82) is 0 Å². The van der Waals surface area contributed by atoms with Crippen LogP contribution in [0.15, 0.2) is 29.2 Å². The molecule has 1 unspecified atom stereocenters. The van der Waals surface area contributed by atoms with Gasteiger partial charge >= 0.3 is 0 Å². The lowest BCUT2D eigenvalue weighted by atomic mass is 10.1. The number of rotatable bonds is 2. The maximum Gasteiger partial charge on any atom is 0.0428 e. The van der Waals surface area contributed by atoms with Gasteiger partial charge in [-0.2, -0.15) is 0 Å². The molecule has 2 aliphatic rings. The van der Waals surface area contributed by atoms with Crippen LogP contribution in [0.25, 0.3) is 0 Å². The summed E-state index contributed by atoms with van der Waals surface area (Å²) < 4.78 is 0. The normalized spacial score (nSPS) is 26.0. The Morgan fingerprint density at radius 1 is 1.23 bits per heavy atom. The summed E-state index contributed by atoms with van der Waals surface area (Å²) in [5, 5.41) is 3.69. The first kappa shape index (κ1) is 7.89. The van der Waals surface area contributed by atoms with E-state index in [9.17, 15) is 0 Å². The van der Waals surface area contributed by atoms with Crippen molar-refractivity contribution in [2.45, 2.75) is 29.8 Å². The van der Waals surface area contributed by atoms with Crippen LogP contribution in [0.1, 0.15) is 24.4 Å². The molecule has 2 heteroatoms. The fraction of sp³-hybridized carbons (Fsp3) is 0.455. The molecule has 1 nitrogen and oxygen atoms in total. The van der Waals surface area contributed by atoms with Crippen LogP contribution >= 0.6 is 11.8 Å². The first-order valence-corrected chi connectivity index (χ1v) is 5.90. The zero-order valence-electron chi connectivity index (χ0n) is 7.49. The monoisotopic (exact) mass is 191 g/mol. The molecular weight excluding hydrogens is 178 g/mol. The first-order valence-electron chi connectivity index (χ1n) is 4.91. The van der Waals surface area contributed by atoms with Crippen LogP contribution in [-0.4, -0.2) is 11.8 Å². The summed E-state index contributed by atoms with van der Waals surface area (Å²) >= 11 is 1.98. The van der Waals surface area contributed by atoms with Crippen molar-refractivity contribution in [3.63, 3.8) is 0 Å². The van der Waals surface area contributed by atoms with Gasteiger partial charge in [-0.15, -0.1) is 11.8 Å². The SMILES string of the molecule is c1ccc2c(c1)SCC2NC1CC1. The lowest BCUT2D eigenvalue weighted by Gasteiger charge is -2.11. The molecule has 0 saturated heterocycles. The van der Waals surface area contributed by atoms with Gasteiger partial charge < -0.3 is 5.32 Å². The van der Waals surface area contributed by atoms with E-state index in [1.54, 1.807) is 0 Å². The quantitative estimate of drug-likeness (QED) is 0.771. The largest absolute Gasteiger partial charge is 0.306 e. The second-order valence-corrected chi connectivity index (χ2v) is 4.90. The van der Waals surface area contributed by atoms with E-state index >= 15 is 0 Å². The standard InChI is InChI=1S/C11H13NS/c1-2-4-11-9(3-1)10(7-13-11)12-8-5-6-8/h1-4,8,10,12H,5-7H2. The zero-order valence-corrected chi connectivity index (χ0v) is 8.31. The molecule has 13 heavy (non-hydrogen) atoms. The molecule has 68 valence electrons. The molecule has 1 atom stereocenters. The highest BCUT2D eigenvalue weighted by atomic mass is 32.2. The summed E-state index contributed by atoms with van der Waals surface area (Å²) in [5.74, 6) is 1.22. The minimum Gasteiger partial charge on any atom is -0.306 e. The Morgan fingerprint density at radius 2 is 2.08 bits per heavy atom. The lowest BCUT2D eigenvalue weighted by Crippen LogP contribution is -2.22. The van der Waals surface area contributed by atoms with E-state index in [1.807, 2.05) is 11.8 Å². The topological polar surface area (TPSA) is 12.0 Å². The van der Waals surface area contributed by atoms with Crippen LogP contribution in [0.4, 0.5) is 0 Å². The molecular formula is C11H13NS. The lowest BCUT2D eigenvalue weighted by molar-refractivity contribution is 0.580. The van der Waals surface area contributed by atoms with Crippen LogP contribution in [-0.2, 0) is 0 Å². The molecule has 0 spiro atoms. The minimum absolute atomic E-state index is 0.619. The van der Waals surface area contributed by atoms with E-state index in [1.165, 1.54) is 29.1 Å². The van der Waals surface area contributed by atoms with Crippen molar-refractivity contribution >= 4 is 11.8 Å². The second-order valence-electron chi connectivity index (χ2n) is 3.84. The second kappa shape index (κ2) is 3.03. The van der Waals surface area contributed by atoms with Gasteiger partial charge in [0.05, 0.1) is 0 Å². The number of nitrogens with one attached hydrogen (secondary N) is 1. The Hall–Kier alpha value is -0.470. The summed E-state index contributed by atoms with van der Waals surface area (Å²) in [4.78, 5) is 1.47. The van der Waals surface area contributed by atoms with Crippen molar-refractivity contribution in [2.24, 2.45) is 0 Å². The predicted molar refractivity (Wildman–Crippen MR) is 56.1 cm³/mol. The van der Waals surface area contributed by atoms with E-state index in [0.29, 0.717) is 6.04 Å². The number of hydrogen-bond donors (Lipinski definition) is 1. The van der Waals surface area contributed by atoms with Gasteiger partial charge in [0.25, 0.3) is 0 Å². The van der Waals surface area contributed by atoms with E-state index in [4.69, 9.17) is 0 Å². The molecule has 1 aromatic rings. The highest BCUT2D eigenvalue weighted by Gasteiger charge is 2.29. The molecule has 1 heterocycles. The molecule has 1 N–H and O–H groups in total. The van der Waals surface area contributed by atoms with E-state index in [-0.39, 0.29) is 0 Å². The average Bonchev–Trinajstić information content (AvgIpc) is 2.88. The number of thioether (sulfide) groups is 1. The van der Waals surface area contributed by atoms with Crippen molar-refractivity contribution < 1.29 is 0 Å². The number of fused-ring (bicyclic) bond motifs is 1. The molecule has 1 aromatic carbocycles. The fourth-order valence-corrected chi connectivity index (χ4v) is 3.01. The summed E-state index contributed by atoms with van der Waals surface area (Å²) in [6, 6.07) is 10.2. The third-order valence-electron chi connectivity index (χ3n) is 2.71. The first-order chi connectivity index (χ1) is 6.43. The van der Waals surface area contributed by atoms with Gasteiger partial charge in [-0.1, -0.05) is 18.2 Å². The Morgan fingerprint density at radius 3 is 2.92 bits per heavy atom. The highest BCUT2D eigenvalue weighted by molar-refractivity contribution is 7.99. The molecule has 1 fully saturated rings. The van der Waals surface area contributed by atoms with Crippen LogP contribution in [0.2, 0.25) is 0 Å². The van der Waals surface area contributed by atoms with Gasteiger partial charge in [0, 0.05) is 22.7 Å². The van der Waals surface area contributed by atoms with Gasteiger partial charge in [-0.3, -0.25) is 0 Å². The van der Waals surface area contributed by atoms with Gasteiger partial charge in [-0.05, 0) is 24.5 Å². The van der Waals surface area contributed by atoms with Crippen LogP contribution < -0.4 is 5.32 Å². The average molecular weight is 191 g/mol. The smallest absolute Gasteiger partial charge is 0.0428 e. The van der Waals surface area contributed by atoms with E-state index < -0.39 is 0 Å². The summed E-state index contributed by atoms with van der Waals surface area (Å²) in [7, 11) is 0. The summed E-state index contributed by atoms with van der Waals surface area (Å²) in [5.41, 5.74) is 1.51.